The van der Waals surface area contributed by atoms with Crippen molar-refractivity contribution < 1.29 is 17.9 Å². The van der Waals surface area contributed by atoms with Gasteiger partial charge in [-0.25, -0.2) is 13.2 Å². The molecule has 2 saturated heterocycles. The molecule has 150 valence electrons. The van der Waals surface area contributed by atoms with Crippen LogP contribution in [0.4, 0.5) is 4.79 Å². The molecular formula is C19H22ClN3O4S. The highest BCUT2D eigenvalue weighted by Gasteiger charge is 2.52. The maximum Gasteiger partial charge on any atom is 0.410 e. The number of amides is 1. The Hall–Kier alpha value is -1.90. The van der Waals surface area contributed by atoms with Crippen molar-refractivity contribution in [3.8, 4) is 0 Å². The molecule has 2 fully saturated rings. The van der Waals surface area contributed by atoms with Crippen molar-refractivity contribution >= 4 is 38.5 Å². The van der Waals surface area contributed by atoms with Crippen LogP contribution in [0, 0.1) is 5.92 Å². The Labute approximate surface area is 169 Å². The van der Waals surface area contributed by atoms with Crippen molar-refractivity contribution in [2.24, 2.45) is 5.92 Å². The van der Waals surface area contributed by atoms with Crippen LogP contribution in [-0.4, -0.2) is 60.0 Å². The SMILES string of the molecule is CC(C)(C)OC(=O)N1C[C@@H]2CN(S(=O)(=O)c3cccc4cncc(Cl)c34)C[C@@H]21. The van der Waals surface area contributed by atoms with E-state index in [0.29, 0.717) is 28.9 Å². The van der Waals surface area contributed by atoms with Crippen LogP contribution in [0.25, 0.3) is 10.8 Å². The van der Waals surface area contributed by atoms with Gasteiger partial charge in [-0.1, -0.05) is 23.7 Å². The van der Waals surface area contributed by atoms with Crippen LogP contribution in [0.1, 0.15) is 20.8 Å². The first-order valence-corrected chi connectivity index (χ1v) is 10.9. The number of carbonyl (C=O) groups excluding carboxylic acids is 1. The summed E-state index contributed by atoms with van der Waals surface area (Å²) in [5, 5.41) is 1.45. The Balaban J connectivity index is 1.59. The average Bonchev–Trinajstić information content (AvgIpc) is 2.90. The summed E-state index contributed by atoms with van der Waals surface area (Å²) in [5.41, 5.74) is -0.583. The van der Waals surface area contributed by atoms with Gasteiger partial charge in [-0.15, -0.1) is 0 Å². The number of hydrogen-bond donors (Lipinski definition) is 0. The summed E-state index contributed by atoms with van der Waals surface area (Å²) >= 11 is 6.26. The summed E-state index contributed by atoms with van der Waals surface area (Å²) in [6.07, 6.45) is 2.64. The van der Waals surface area contributed by atoms with Crippen LogP contribution < -0.4 is 0 Å². The summed E-state index contributed by atoms with van der Waals surface area (Å²) in [6, 6.07) is 4.88. The molecular weight excluding hydrogens is 402 g/mol. The lowest BCUT2D eigenvalue weighted by Gasteiger charge is -2.43. The molecule has 0 saturated carbocycles. The molecule has 9 heteroatoms. The summed E-state index contributed by atoms with van der Waals surface area (Å²) in [4.78, 5) is 18.2. The number of benzene rings is 1. The number of likely N-dealkylation sites (tertiary alicyclic amines) is 1. The lowest BCUT2D eigenvalue weighted by molar-refractivity contribution is -0.0164. The summed E-state index contributed by atoms with van der Waals surface area (Å²) in [7, 11) is -3.76. The number of carbonyl (C=O) groups is 1. The van der Waals surface area contributed by atoms with Gasteiger partial charge in [-0.2, -0.15) is 4.31 Å². The Kier molecular flexibility index (Phi) is 4.56. The highest BCUT2D eigenvalue weighted by Crippen LogP contribution is 2.38. The highest BCUT2D eigenvalue weighted by atomic mass is 35.5. The van der Waals surface area contributed by atoms with Gasteiger partial charge in [0, 0.05) is 48.7 Å². The van der Waals surface area contributed by atoms with E-state index in [0.717, 1.165) is 0 Å². The molecule has 2 atom stereocenters. The summed E-state index contributed by atoms with van der Waals surface area (Å²) in [5.74, 6) is 0.120. The van der Waals surface area contributed by atoms with E-state index in [4.69, 9.17) is 16.3 Å². The molecule has 0 N–H and O–H groups in total. The quantitative estimate of drug-likeness (QED) is 0.741. The standard InChI is InChI=1S/C19H22ClN3O4S/c1-19(2,3)27-18(24)23-10-13-9-22(11-15(13)23)28(25,26)16-6-4-5-12-7-21-8-14(20)17(12)16/h4-8,13,15H,9-11H2,1-3H3/t13-,15-/m0/s1. The molecule has 7 nitrogen and oxygen atoms in total. The van der Waals surface area contributed by atoms with Crippen LogP contribution >= 0.6 is 11.6 Å². The topological polar surface area (TPSA) is 79.8 Å². The van der Waals surface area contributed by atoms with Gasteiger partial charge in [0.05, 0.1) is 16.0 Å². The second-order valence-corrected chi connectivity index (χ2v) is 10.6. The molecule has 1 amide bonds. The molecule has 1 aromatic carbocycles. The number of aromatic nitrogens is 1. The summed E-state index contributed by atoms with van der Waals surface area (Å²) in [6.45, 7) is 6.58. The van der Waals surface area contributed by atoms with Crippen LogP contribution in [-0.2, 0) is 14.8 Å². The second kappa shape index (κ2) is 6.57. The van der Waals surface area contributed by atoms with Crippen LogP contribution in [0.3, 0.4) is 0 Å². The number of hydrogen-bond acceptors (Lipinski definition) is 5. The molecule has 0 aliphatic carbocycles. The van der Waals surface area contributed by atoms with E-state index in [2.05, 4.69) is 4.98 Å². The first kappa shape index (κ1) is 19.4. The third-order valence-electron chi connectivity index (χ3n) is 5.15. The maximum absolute atomic E-state index is 13.3. The van der Waals surface area contributed by atoms with Crippen molar-refractivity contribution in [3.05, 3.63) is 35.6 Å². The Morgan fingerprint density at radius 2 is 1.96 bits per heavy atom. The molecule has 2 aliphatic heterocycles. The van der Waals surface area contributed by atoms with Crippen LogP contribution in [0.2, 0.25) is 5.02 Å². The number of sulfonamides is 1. The Morgan fingerprint density at radius 1 is 1.21 bits per heavy atom. The number of fused-ring (bicyclic) bond motifs is 2. The van der Waals surface area contributed by atoms with Crippen molar-refractivity contribution in [2.75, 3.05) is 19.6 Å². The van der Waals surface area contributed by atoms with E-state index in [-0.39, 0.29) is 23.4 Å². The fraction of sp³-hybridized carbons (Fsp3) is 0.474. The molecule has 1 aromatic heterocycles. The monoisotopic (exact) mass is 423 g/mol. The summed E-state index contributed by atoms with van der Waals surface area (Å²) < 4.78 is 33.5. The minimum absolute atomic E-state index is 0.120. The van der Waals surface area contributed by atoms with Crippen LogP contribution in [0.5, 0.6) is 0 Å². The molecule has 2 aliphatic rings. The highest BCUT2D eigenvalue weighted by molar-refractivity contribution is 7.89. The first-order chi connectivity index (χ1) is 13.1. The molecule has 3 heterocycles. The van der Waals surface area contributed by atoms with Crippen molar-refractivity contribution in [1.29, 1.82) is 0 Å². The van der Waals surface area contributed by atoms with Gasteiger partial charge in [-0.3, -0.25) is 4.98 Å². The minimum atomic E-state index is -3.76. The van der Waals surface area contributed by atoms with Crippen molar-refractivity contribution in [3.63, 3.8) is 0 Å². The third-order valence-corrected chi connectivity index (χ3v) is 7.31. The van der Waals surface area contributed by atoms with E-state index in [1.807, 2.05) is 20.8 Å². The molecule has 2 aromatic rings. The maximum atomic E-state index is 13.3. The van der Waals surface area contributed by atoms with E-state index >= 15 is 0 Å². The molecule has 0 radical (unpaired) electrons. The second-order valence-electron chi connectivity index (χ2n) is 8.26. The molecule has 4 rings (SSSR count). The minimum Gasteiger partial charge on any atom is -0.444 e. The number of halogens is 1. The van der Waals surface area contributed by atoms with Crippen molar-refractivity contribution in [2.45, 2.75) is 37.3 Å². The third kappa shape index (κ3) is 3.23. The zero-order valence-electron chi connectivity index (χ0n) is 15.9. The lowest BCUT2D eigenvalue weighted by atomic mass is 9.93. The van der Waals surface area contributed by atoms with Gasteiger partial charge >= 0.3 is 6.09 Å². The predicted molar refractivity (Wildman–Crippen MR) is 106 cm³/mol. The van der Waals surface area contributed by atoms with E-state index < -0.39 is 21.7 Å². The predicted octanol–water partition coefficient (Wildman–Crippen LogP) is 3.13. The number of pyridine rings is 1. The molecule has 0 spiro atoms. The van der Waals surface area contributed by atoms with Gasteiger partial charge in [0.1, 0.15) is 5.60 Å². The zero-order chi connectivity index (χ0) is 20.3. The molecule has 0 bridgehead atoms. The van der Waals surface area contributed by atoms with E-state index in [9.17, 15) is 13.2 Å². The first-order valence-electron chi connectivity index (χ1n) is 9.10. The fourth-order valence-electron chi connectivity index (χ4n) is 3.84. The molecule has 28 heavy (non-hydrogen) atoms. The number of ether oxygens (including phenoxy) is 1. The van der Waals surface area contributed by atoms with Gasteiger partial charge < -0.3 is 9.64 Å². The van der Waals surface area contributed by atoms with Gasteiger partial charge in [-0.05, 0) is 26.8 Å². The zero-order valence-corrected chi connectivity index (χ0v) is 17.5. The number of nitrogens with zero attached hydrogens (tertiary/aromatic N) is 3. The Morgan fingerprint density at radius 3 is 2.68 bits per heavy atom. The van der Waals surface area contributed by atoms with Gasteiger partial charge in [0.15, 0.2) is 0 Å². The molecule has 0 unspecified atom stereocenters. The Bertz CT molecular complexity index is 1050. The average molecular weight is 424 g/mol. The number of rotatable bonds is 2. The lowest BCUT2D eigenvalue weighted by Crippen LogP contribution is -2.59. The van der Waals surface area contributed by atoms with Gasteiger partial charge in [0.25, 0.3) is 0 Å². The fourth-order valence-corrected chi connectivity index (χ4v) is 5.91. The van der Waals surface area contributed by atoms with E-state index in [1.54, 1.807) is 29.3 Å². The largest absolute Gasteiger partial charge is 0.444 e. The van der Waals surface area contributed by atoms with Gasteiger partial charge in [0.2, 0.25) is 10.0 Å². The normalized spacial score (nSPS) is 22.8. The van der Waals surface area contributed by atoms with Crippen molar-refractivity contribution in [1.82, 2.24) is 14.2 Å². The van der Waals surface area contributed by atoms with E-state index in [1.165, 1.54) is 10.5 Å². The van der Waals surface area contributed by atoms with Crippen LogP contribution in [0.15, 0.2) is 35.5 Å². The smallest absolute Gasteiger partial charge is 0.410 e.